The van der Waals surface area contributed by atoms with E-state index in [1.165, 1.54) is 0 Å². The molecule has 20 heavy (non-hydrogen) atoms. The lowest BCUT2D eigenvalue weighted by molar-refractivity contribution is -0.144. The zero-order valence-electron chi connectivity index (χ0n) is 11.1. The van der Waals surface area contributed by atoms with E-state index in [1.54, 1.807) is 17.9 Å². The van der Waals surface area contributed by atoms with Crippen LogP contribution >= 0.6 is 38.5 Å². The third kappa shape index (κ3) is 3.94. The first-order valence-corrected chi connectivity index (χ1v) is 8.31. The topological polar surface area (TPSA) is 46.6 Å². The normalized spacial score (nSPS) is 13.9. The summed E-state index contributed by atoms with van der Waals surface area (Å²) in [5, 5.41) is 0. The summed E-state index contributed by atoms with van der Waals surface area (Å²) in [6.07, 6.45) is 1.91. The molecule has 1 amide bonds. The van der Waals surface area contributed by atoms with E-state index in [0.29, 0.717) is 12.2 Å². The molecule has 1 aromatic rings. The predicted octanol–water partition coefficient (Wildman–Crippen LogP) is 3.22. The highest BCUT2D eigenvalue weighted by Gasteiger charge is 2.35. The minimum atomic E-state index is -0.349. The van der Waals surface area contributed by atoms with Crippen molar-refractivity contribution in [1.82, 2.24) is 4.90 Å². The Morgan fingerprint density at radius 1 is 1.45 bits per heavy atom. The molecule has 0 radical (unpaired) electrons. The molecule has 1 aromatic carbocycles. The van der Waals surface area contributed by atoms with Crippen LogP contribution < -0.4 is 0 Å². The summed E-state index contributed by atoms with van der Waals surface area (Å²) in [6.45, 7) is 2.12. The number of carbonyl (C=O) groups is 2. The maximum absolute atomic E-state index is 12.6. The number of nitrogens with zero attached hydrogens (tertiary/aromatic N) is 1. The van der Waals surface area contributed by atoms with E-state index in [-0.39, 0.29) is 24.5 Å². The summed E-state index contributed by atoms with van der Waals surface area (Å²) >= 11 is 5.51. The highest BCUT2D eigenvalue weighted by atomic mass is 127. The van der Waals surface area contributed by atoms with Crippen molar-refractivity contribution in [3.63, 3.8) is 0 Å². The van der Waals surface area contributed by atoms with Gasteiger partial charge in [-0.05, 0) is 60.6 Å². The number of amides is 1. The van der Waals surface area contributed by atoms with Crippen LogP contribution in [0.5, 0.6) is 0 Å². The Hall–Kier alpha value is -0.630. The summed E-state index contributed by atoms with van der Waals surface area (Å²) in [4.78, 5) is 25.9. The molecule has 1 aliphatic carbocycles. The number of esters is 1. The Kier molecular flexibility index (Phi) is 5.42. The number of rotatable bonds is 5. The largest absolute Gasteiger partial charge is 0.465 e. The van der Waals surface area contributed by atoms with Crippen molar-refractivity contribution in [2.75, 3.05) is 13.2 Å². The lowest BCUT2D eigenvalue weighted by atomic mass is 10.2. The SMILES string of the molecule is CCOC(=O)CN(C(=O)c1cc(Br)ccc1I)C1CC1. The van der Waals surface area contributed by atoms with Gasteiger partial charge in [-0.25, -0.2) is 0 Å². The maximum atomic E-state index is 12.6. The molecule has 0 N–H and O–H groups in total. The lowest BCUT2D eigenvalue weighted by Crippen LogP contribution is -2.38. The maximum Gasteiger partial charge on any atom is 0.325 e. The van der Waals surface area contributed by atoms with Crippen molar-refractivity contribution in [3.8, 4) is 0 Å². The number of hydrogen-bond donors (Lipinski definition) is 0. The van der Waals surface area contributed by atoms with E-state index in [9.17, 15) is 9.59 Å². The van der Waals surface area contributed by atoms with Crippen LogP contribution in [0.4, 0.5) is 0 Å². The first-order chi connectivity index (χ1) is 9.52. The van der Waals surface area contributed by atoms with Crippen LogP contribution in [0.1, 0.15) is 30.1 Å². The van der Waals surface area contributed by atoms with Crippen molar-refractivity contribution < 1.29 is 14.3 Å². The van der Waals surface area contributed by atoms with Crippen LogP contribution in [0.2, 0.25) is 0 Å². The standard InChI is InChI=1S/C14H15BrINO3/c1-2-20-13(18)8-17(10-4-5-10)14(19)11-7-9(15)3-6-12(11)16/h3,6-7,10H,2,4-5,8H2,1H3. The van der Waals surface area contributed by atoms with Crippen molar-refractivity contribution in [2.45, 2.75) is 25.8 Å². The van der Waals surface area contributed by atoms with E-state index in [0.717, 1.165) is 20.9 Å². The molecule has 0 saturated heterocycles. The first kappa shape index (κ1) is 15.8. The van der Waals surface area contributed by atoms with E-state index in [1.807, 2.05) is 12.1 Å². The van der Waals surface area contributed by atoms with Crippen molar-refractivity contribution in [1.29, 1.82) is 0 Å². The average molecular weight is 452 g/mol. The molecule has 6 heteroatoms. The molecule has 1 aliphatic rings. The Bertz CT molecular complexity index is 531. The van der Waals surface area contributed by atoms with Crippen LogP contribution in [-0.4, -0.2) is 36.0 Å². The van der Waals surface area contributed by atoms with Gasteiger partial charge in [0.2, 0.25) is 0 Å². The van der Waals surface area contributed by atoms with Gasteiger partial charge in [-0.15, -0.1) is 0 Å². The van der Waals surface area contributed by atoms with Gasteiger partial charge in [-0.3, -0.25) is 9.59 Å². The van der Waals surface area contributed by atoms with Crippen LogP contribution in [-0.2, 0) is 9.53 Å². The highest BCUT2D eigenvalue weighted by molar-refractivity contribution is 14.1. The van der Waals surface area contributed by atoms with Gasteiger partial charge in [0.25, 0.3) is 5.91 Å². The quantitative estimate of drug-likeness (QED) is 0.510. The molecule has 108 valence electrons. The van der Waals surface area contributed by atoms with Crippen LogP contribution in [0.25, 0.3) is 0 Å². The molecule has 0 bridgehead atoms. The van der Waals surface area contributed by atoms with Crippen molar-refractivity contribution in [3.05, 3.63) is 31.8 Å². The van der Waals surface area contributed by atoms with E-state index < -0.39 is 0 Å². The minimum absolute atomic E-state index is 0.0277. The van der Waals surface area contributed by atoms with Crippen molar-refractivity contribution in [2.24, 2.45) is 0 Å². The molecule has 0 unspecified atom stereocenters. The molecular weight excluding hydrogens is 437 g/mol. The van der Waals surface area contributed by atoms with Crippen LogP contribution in [0.3, 0.4) is 0 Å². The molecule has 0 aromatic heterocycles. The van der Waals surface area contributed by atoms with E-state index >= 15 is 0 Å². The molecule has 1 saturated carbocycles. The second-order valence-corrected chi connectivity index (χ2v) is 6.67. The van der Waals surface area contributed by atoms with Gasteiger partial charge in [0, 0.05) is 14.1 Å². The third-order valence-electron chi connectivity index (χ3n) is 3.01. The Labute approximate surface area is 140 Å². The second kappa shape index (κ2) is 6.89. The molecule has 0 aliphatic heterocycles. The second-order valence-electron chi connectivity index (χ2n) is 4.59. The van der Waals surface area contributed by atoms with Crippen LogP contribution in [0, 0.1) is 3.57 Å². The van der Waals surface area contributed by atoms with Gasteiger partial charge in [0.1, 0.15) is 6.54 Å². The van der Waals surface area contributed by atoms with Crippen molar-refractivity contribution >= 4 is 50.4 Å². The fraction of sp³-hybridized carbons (Fsp3) is 0.429. The summed E-state index contributed by atoms with van der Waals surface area (Å²) in [7, 11) is 0. The van der Waals surface area contributed by atoms with Crippen LogP contribution in [0.15, 0.2) is 22.7 Å². The zero-order chi connectivity index (χ0) is 14.7. The van der Waals surface area contributed by atoms with Gasteiger partial charge in [0.15, 0.2) is 0 Å². The Balaban J connectivity index is 2.18. The number of benzene rings is 1. The Morgan fingerprint density at radius 3 is 2.75 bits per heavy atom. The fourth-order valence-electron chi connectivity index (χ4n) is 1.91. The summed E-state index contributed by atoms with van der Waals surface area (Å²) < 4.78 is 6.68. The fourth-order valence-corrected chi connectivity index (χ4v) is 2.84. The van der Waals surface area contributed by atoms with Gasteiger partial charge >= 0.3 is 5.97 Å². The third-order valence-corrected chi connectivity index (χ3v) is 4.45. The van der Waals surface area contributed by atoms with Gasteiger partial charge in [-0.1, -0.05) is 15.9 Å². The van der Waals surface area contributed by atoms with E-state index in [2.05, 4.69) is 38.5 Å². The predicted molar refractivity (Wildman–Crippen MR) is 87.6 cm³/mol. The smallest absolute Gasteiger partial charge is 0.325 e. The molecule has 1 fully saturated rings. The lowest BCUT2D eigenvalue weighted by Gasteiger charge is -2.22. The molecule has 0 heterocycles. The molecule has 0 atom stereocenters. The van der Waals surface area contributed by atoms with Gasteiger partial charge < -0.3 is 9.64 Å². The first-order valence-electron chi connectivity index (χ1n) is 6.44. The average Bonchev–Trinajstić information content (AvgIpc) is 3.23. The molecule has 4 nitrogen and oxygen atoms in total. The number of carbonyl (C=O) groups excluding carboxylic acids is 2. The van der Waals surface area contributed by atoms with Gasteiger partial charge in [0.05, 0.1) is 12.2 Å². The van der Waals surface area contributed by atoms with E-state index in [4.69, 9.17) is 4.74 Å². The summed E-state index contributed by atoms with van der Waals surface area (Å²) in [5.41, 5.74) is 0.621. The van der Waals surface area contributed by atoms with Gasteiger partial charge in [-0.2, -0.15) is 0 Å². The molecule has 2 rings (SSSR count). The molecule has 0 spiro atoms. The summed E-state index contributed by atoms with van der Waals surface area (Å²) in [6, 6.07) is 5.74. The number of ether oxygens (including phenoxy) is 1. The Morgan fingerprint density at radius 2 is 2.15 bits per heavy atom. The minimum Gasteiger partial charge on any atom is -0.465 e. The zero-order valence-corrected chi connectivity index (χ0v) is 14.8. The molecular formula is C14H15BrINO3. The monoisotopic (exact) mass is 451 g/mol. The highest BCUT2D eigenvalue weighted by Crippen LogP contribution is 2.29. The summed E-state index contributed by atoms with van der Waals surface area (Å²) in [5.74, 6) is -0.455. The number of halogens is 2. The number of hydrogen-bond acceptors (Lipinski definition) is 3.